The fourth-order valence-electron chi connectivity index (χ4n) is 1.73. The lowest BCUT2D eigenvalue weighted by Gasteiger charge is -2.15. The number of hydrogen-bond donors (Lipinski definition) is 1. The topological polar surface area (TPSA) is 72.0 Å². The van der Waals surface area contributed by atoms with Crippen molar-refractivity contribution in [1.29, 1.82) is 0 Å². The van der Waals surface area contributed by atoms with Gasteiger partial charge >= 0.3 is 0 Å². The maximum atomic E-state index is 12.0. The minimum Gasteiger partial charge on any atom is -0.341 e. The van der Waals surface area contributed by atoms with E-state index in [-0.39, 0.29) is 17.4 Å². The van der Waals surface area contributed by atoms with Crippen molar-refractivity contribution in [3.8, 4) is 0 Å². The molecule has 116 valence electrons. The molecule has 0 spiro atoms. The standard InChI is InChI=1S/C14H15N3O2S3/c1-9(18)12(10-6-4-3-5-7-10)15-11(19)8-21-14-16-13(20-2)17-22-14/h3-7,12H,8H2,1-2H3,(H,15,19). The van der Waals surface area contributed by atoms with Crippen LogP contribution in [-0.4, -0.2) is 33.1 Å². The first-order valence-corrected chi connectivity index (χ1v) is 9.43. The average Bonchev–Trinajstić information content (AvgIpc) is 2.99. The molecule has 5 nitrogen and oxygen atoms in total. The smallest absolute Gasteiger partial charge is 0.231 e. The molecule has 1 N–H and O–H groups in total. The molecule has 0 fully saturated rings. The summed E-state index contributed by atoms with van der Waals surface area (Å²) in [4.78, 5) is 28.1. The monoisotopic (exact) mass is 353 g/mol. The lowest BCUT2D eigenvalue weighted by Crippen LogP contribution is -2.33. The molecule has 2 rings (SSSR count). The van der Waals surface area contributed by atoms with E-state index in [2.05, 4.69) is 14.7 Å². The van der Waals surface area contributed by atoms with E-state index in [1.807, 2.05) is 36.6 Å². The normalized spacial score (nSPS) is 11.9. The van der Waals surface area contributed by atoms with Crippen LogP contribution in [0.5, 0.6) is 0 Å². The van der Waals surface area contributed by atoms with E-state index in [1.165, 1.54) is 42.0 Å². The van der Waals surface area contributed by atoms with Crippen LogP contribution in [0.3, 0.4) is 0 Å². The van der Waals surface area contributed by atoms with Gasteiger partial charge in [0.1, 0.15) is 6.04 Å². The second-order valence-corrected chi connectivity index (χ2v) is 7.11. The summed E-state index contributed by atoms with van der Waals surface area (Å²) in [6, 6.07) is 8.61. The maximum Gasteiger partial charge on any atom is 0.231 e. The number of thioether (sulfide) groups is 2. The van der Waals surface area contributed by atoms with Crippen molar-refractivity contribution < 1.29 is 9.59 Å². The largest absolute Gasteiger partial charge is 0.341 e. The Morgan fingerprint density at radius 1 is 1.32 bits per heavy atom. The van der Waals surface area contributed by atoms with Gasteiger partial charge in [0.05, 0.1) is 5.75 Å². The number of aromatic nitrogens is 2. The molecule has 1 aromatic carbocycles. The first kappa shape index (κ1) is 17.0. The molecule has 0 saturated carbocycles. The predicted octanol–water partition coefficient (Wildman–Crippen LogP) is 2.80. The third-order valence-electron chi connectivity index (χ3n) is 2.74. The van der Waals surface area contributed by atoms with Gasteiger partial charge in [0.25, 0.3) is 0 Å². The van der Waals surface area contributed by atoms with E-state index in [0.717, 1.165) is 9.90 Å². The molecule has 1 unspecified atom stereocenters. The summed E-state index contributed by atoms with van der Waals surface area (Å²) in [5.41, 5.74) is 0.786. The fourth-order valence-corrected chi connectivity index (χ4v) is 3.75. The Bertz CT molecular complexity index is 646. The van der Waals surface area contributed by atoms with E-state index in [0.29, 0.717) is 5.16 Å². The van der Waals surface area contributed by atoms with Crippen LogP contribution in [0, 0.1) is 0 Å². The molecule has 0 aliphatic heterocycles. The van der Waals surface area contributed by atoms with Gasteiger partial charge in [-0.2, -0.15) is 4.37 Å². The third kappa shape index (κ3) is 4.82. The van der Waals surface area contributed by atoms with Gasteiger partial charge in [-0.15, -0.1) is 0 Å². The molecule has 0 aliphatic carbocycles. The minimum absolute atomic E-state index is 0.0925. The Hall–Kier alpha value is -1.38. The molecule has 8 heteroatoms. The summed E-state index contributed by atoms with van der Waals surface area (Å²) in [6.45, 7) is 1.47. The van der Waals surface area contributed by atoms with E-state index in [1.54, 1.807) is 0 Å². The quantitative estimate of drug-likeness (QED) is 0.772. The highest BCUT2D eigenvalue weighted by Gasteiger charge is 2.19. The minimum atomic E-state index is -0.606. The first-order chi connectivity index (χ1) is 10.6. The highest BCUT2D eigenvalue weighted by Crippen LogP contribution is 2.23. The second-order valence-electron chi connectivity index (χ2n) is 4.36. The molecule has 0 bridgehead atoms. The number of nitrogens with one attached hydrogen (secondary N) is 1. The molecular weight excluding hydrogens is 338 g/mol. The van der Waals surface area contributed by atoms with Gasteiger partial charge in [0.15, 0.2) is 10.1 Å². The van der Waals surface area contributed by atoms with E-state index < -0.39 is 6.04 Å². The van der Waals surface area contributed by atoms with Crippen LogP contribution < -0.4 is 5.32 Å². The molecule has 22 heavy (non-hydrogen) atoms. The average molecular weight is 353 g/mol. The summed E-state index contributed by atoms with van der Waals surface area (Å²) in [5.74, 6) is -0.0836. The van der Waals surface area contributed by atoms with Crippen LogP contribution in [0.4, 0.5) is 0 Å². The number of benzene rings is 1. The van der Waals surface area contributed by atoms with Crippen LogP contribution in [0.2, 0.25) is 0 Å². The number of carbonyl (C=O) groups is 2. The zero-order chi connectivity index (χ0) is 15.9. The maximum absolute atomic E-state index is 12.0. The molecule has 1 amide bonds. The Labute approximate surface area is 141 Å². The van der Waals surface area contributed by atoms with E-state index in [4.69, 9.17) is 0 Å². The first-order valence-electron chi connectivity index (χ1n) is 6.45. The van der Waals surface area contributed by atoms with Gasteiger partial charge in [0.2, 0.25) is 11.1 Å². The molecule has 0 aliphatic rings. The molecule has 0 saturated heterocycles. The molecular formula is C14H15N3O2S3. The van der Waals surface area contributed by atoms with Crippen molar-refractivity contribution >= 4 is 46.7 Å². The number of nitrogens with zero attached hydrogens (tertiary/aromatic N) is 2. The molecule has 2 aromatic rings. The summed E-state index contributed by atoms with van der Waals surface area (Å²) in [6.07, 6.45) is 1.90. The van der Waals surface area contributed by atoms with Gasteiger partial charge in [0, 0.05) is 0 Å². The Morgan fingerprint density at radius 2 is 2.05 bits per heavy atom. The number of amides is 1. The van der Waals surface area contributed by atoms with Crippen LogP contribution >= 0.6 is 35.1 Å². The number of carbonyl (C=O) groups excluding carboxylic acids is 2. The van der Waals surface area contributed by atoms with Crippen molar-refractivity contribution in [2.24, 2.45) is 0 Å². The zero-order valence-electron chi connectivity index (χ0n) is 12.1. The summed E-state index contributed by atoms with van der Waals surface area (Å²) < 4.78 is 4.88. The molecule has 1 heterocycles. The fraction of sp³-hybridized carbons (Fsp3) is 0.286. The summed E-state index contributed by atoms with van der Waals surface area (Å²) >= 11 is 4.06. The SMILES string of the molecule is CSc1nsc(SCC(=O)NC(C(C)=O)c2ccccc2)n1. The van der Waals surface area contributed by atoms with Crippen LogP contribution in [0.1, 0.15) is 18.5 Å². The highest BCUT2D eigenvalue weighted by molar-refractivity contribution is 8.01. The number of Topliss-reactive ketones (excluding diaryl/α,β-unsaturated/α-hetero) is 1. The van der Waals surface area contributed by atoms with Gasteiger partial charge in [-0.25, -0.2) is 4.98 Å². The van der Waals surface area contributed by atoms with Crippen molar-refractivity contribution in [2.75, 3.05) is 12.0 Å². The molecule has 1 aromatic heterocycles. The lowest BCUT2D eigenvalue weighted by atomic mass is 10.0. The van der Waals surface area contributed by atoms with Gasteiger partial charge in [-0.1, -0.05) is 53.9 Å². The van der Waals surface area contributed by atoms with Crippen LogP contribution in [0.25, 0.3) is 0 Å². The van der Waals surface area contributed by atoms with E-state index in [9.17, 15) is 9.59 Å². The van der Waals surface area contributed by atoms with Crippen LogP contribution in [-0.2, 0) is 9.59 Å². The second kappa shape index (κ2) is 8.30. The summed E-state index contributed by atoms with van der Waals surface area (Å²) in [7, 11) is 0. The lowest BCUT2D eigenvalue weighted by molar-refractivity contribution is -0.125. The molecule has 1 atom stereocenters. The van der Waals surface area contributed by atoms with Crippen molar-refractivity contribution in [2.45, 2.75) is 22.5 Å². The van der Waals surface area contributed by atoms with Gasteiger partial charge in [-0.05, 0) is 30.3 Å². The Kier molecular flexibility index (Phi) is 6.41. The van der Waals surface area contributed by atoms with Crippen molar-refractivity contribution in [1.82, 2.24) is 14.7 Å². The zero-order valence-corrected chi connectivity index (χ0v) is 14.6. The number of ketones is 1. The summed E-state index contributed by atoms with van der Waals surface area (Å²) in [5, 5.41) is 3.47. The predicted molar refractivity (Wildman–Crippen MR) is 90.4 cm³/mol. The number of hydrogen-bond acceptors (Lipinski definition) is 7. The van der Waals surface area contributed by atoms with Crippen LogP contribution in [0.15, 0.2) is 39.8 Å². The van der Waals surface area contributed by atoms with Crippen molar-refractivity contribution in [3.05, 3.63) is 35.9 Å². The number of rotatable bonds is 7. The van der Waals surface area contributed by atoms with Gasteiger partial charge in [-0.3, -0.25) is 9.59 Å². The molecule has 0 radical (unpaired) electrons. The van der Waals surface area contributed by atoms with Crippen molar-refractivity contribution in [3.63, 3.8) is 0 Å². The van der Waals surface area contributed by atoms with E-state index >= 15 is 0 Å². The third-order valence-corrected chi connectivity index (χ3v) is 5.24. The highest BCUT2D eigenvalue weighted by atomic mass is 32.2. The Morgan fingerprint density at radius 3 is 2.64 bits per heavy atom. The van der Waals surface area contributed by atoms with Gasteiger partial charge < -0.3 is 5.32 Å². The Balaban J connectivity index is 1.93.